The van der Waals surface area contributed by atoms with Crippen LogP contribution in [0.4, 0.5) is 11.5 Å². The number of hydrogen-bond acceptors (Lipinski definition) is 8. The predicted octanol–water partition coefficient (Wildman–Crippen LogP) is 3.85. The average Bonchev–Trinajstić information content (AvgIpc) is 3.22. The van der Waals surface area contributed by atoms with Crippen LogP contribution in [0.25, 0.3) is 21.9 Å². The van der Waals surface area contributed by atoms with E-state index in [0.29, 0.717) is 24.3 Å². The number of anilines is 2. The van der Waals surface area contributed by atoms with Crippen molar-refractivity contribution in [2.24, 2.45) is 0 Å². The molecule has 0 amide bonds. The third-order valence-electron chi connectivity index (χ3n) is 5.90. The van der Waals surface area contributed by atoms with Crippen LogP contribution in [0.3, 0.4) is 0 Å². The fraction of sp³-hybridized carbons (Fsp3) is 0.333. The van der Waals surface area contributed by atoms with Gasteiger partial charge in [0.2, 0.25) is 10.0 Å². The first kappa shape index (κ1) is 24.9. The number of benzene rings is 2. The van der Waals surface area contributed by atoms with E-state index in [4.69, 9.17) is 21.1 Å². The molecule has 0 saturated heterocycles. The summed E-state index contributed by atoms with van der Waals surface area (Å²) < 4.78 is 30.0. The molecule has 0 unspecified atom stereocenters. The zero-order chi connectivity index (χ0) is 25.0. The highest BCUT2D eigenvalue weighted by molar-refractivity contribution is 7.89. The lowest BCUT2D eigenvalue weighted by atomic mass is 10.2. The Balaban J connectivity index is 1.49. The van der Waals surface area contributed by atoms with Crippen LogP contribution in [0.1, 0.15) is 38.4 Å². The summed E-state index contributed by atoms with van der Waals surface area (Å²) in [5.41, 5.74) is 8.69. The maximum Gasteiger partial charge on any atom is 0.240 e. The molecule has 2 aromatic carbocycles. The quantitative estimate of drug-likeness (QED) is 0.180. The predicted molar refractivity (Wildman–Crippen MR) is 135 cm³/mol. The summed E-state index contributed by atoms with van der Waals surface area (Å²) >= 11 is 0. The van der Waals surface area contributed by atoms with Gasteiger partial charge in [-0.1, -0.05) is 37.6 Å². The molecule has 0 spiro atoms. The van der Waals surface area contributed by atoms with Gasteiger partial charge < -0.3 is 10.3 Å². The van der Waals surface area contributed by atoms with Gasteiger partial charge in [-0.2, -0.15) is 0 Å². The number of nitrogen functional groups attached to an aromatic ring is 1. The Morgan fingerprint density at radius 2 is 1.86 bits per heavy atom. The van der Waals surface area contributed by atoms with Crippen LogP contribution in [-0.2, 0) is 23.0 Å². The lowest BCUT2D eigenvalue weighted by Gasteiger charge is -2.12. The minimum absolute atomic E-state index is 0.0412. The third kappa shape index (κ3) is 5.38. The molecule has 5 N–H and O–H groups in total. The topological polar surface area (TPSA) is 147 Å². The van der Waals surface area contributed by atoms with Gasteiger partial charge in [-0.15, -0.1) is 5.23 Å². The number of aromatic nitrogens is 3. The average molecular weight is 499 g/mol. The summed E-state index contributed by atoms with van der Waals surface area (Å²) in [6.45, 7) is 3.05. The number of nitrogens with two attached hydrogens (primary N) is 1. The van der Waals surface area contributed by atoms with Crippen LogP contribution in [0.15, 0.2) is 53.4 Å². The van der Waals surface area contributed by atoms with E-state index in [2.05, 4.69) is 21.2 Å². The zero-order valence-electron chi connectivity index (χ0n) is 19.6. The van der Waals surface area contributed by atoms with Crippen LogP contribution in [0, 0.1) is 0 Å². The molecule has 0 aliphatic heterocycles. The largest absolute Gasteiger partial charge is 0.382 e. The minimum atomic E-state index is -3.78. The van der Waals surface area contributed by atoms with Gasteiger partial charge in [-0.3, -0.25) is 10.4 Å². The van der Waals surface area contributed by atoms with Crippen molar-refractivity contribution in [1.29, 1.82) is 0 Å². The first-order valence-corrected chi connectivity index (χ1v) is 13.1. The summed E-state index contributed by atoms with van der Waals surface area (Å²) in [4.78, 5) is 9.29. The standard InChI is InChI=1S/C24H30N6O4S/c1-2-3-13-21-28-22-23(19-11-4-5-12-20(19)27-24(22)25)29(21)15-7-6-14-26-35(33,34)18-10-8-9-17(16-18)30(31)32/h4-5,8-12,16,26,31-32H,2-3,6-7,13-15H2,1H3,(H2,25,27). The molecule has 0 aliphatic carbocycles. The first-order chi connectivity index (χ1) is 16.8. The molecule has 0 fully saturated rings. The maximum absolute atomic E-state index is 12.6. The van der Waals surface area contributed by atoms with Crippen LogP contribution in [-0.4, -0.2) is 39.9 Å². The second kappa shape index (κ2) is 10.6. The summed E-state index contributed by atoms with van der Waals surface area (Å²) in [6, 6.07) is 13.3. The van der Waals surface area contributed by atoms with E-state index in [-0.39, 0.29) is 22.4 Å². The van der Waals surface area contributed by atoms with Crippen molar-refractivity contribution >= 4 is 43.5 Å². The van der Waals surface area contributed by atoms with Crippen LogP contribution in [0.2, 0.25) is 0 Å². The van der Waals surface area contributed by atoms with Crippen molar-refractivity contribution in [2.75, 3.05) is 17.5 Å². The van der Waals surface area contributed by atoms with E-state index in [1.807, 2.05) is 24.3 Å². The Hall–Kier alpha value is -3.25. The van der Waals surface area contributed by atoms with Gasteiger partial charge in [0.25, 0.3) is 0 Å². The number of unbranched alkanes of at least 4 members (excludes halogenated alkanes) is 2. The molecule has 4 aromatic rings. The van der Waals surface area contributed by atoms with Crippen molar-refractivity contribution in [3.05, 3.63) is 54.4 Å². The number of aryl methyl sites for hydroxylation is 2. The molecule has 2 heterocycles. The van der Waals surface area contributed by atoms with Gasteiger partial charge in [0.05, 0.1) is 21.6 Å². The second-order valence-corrected chi connectivity index (χ2v) is 10.2. The molecule has 0 bridgehead atoms. The number of para-hydroxylation sites is 1. The number of pyridine rings is 1. The molecular weight excluding hydrogens is 468 g/mol. The molecule has 11 heteroatoms. The van der Waals surface area contributed by atoms with Gasteiger partial charge in [0.1, 0.15) is 11.3 Å². The SMILES string of the molecule is CCCCc1nc2c(N)nc3ccccc3c2n1CCCCNS(=O)(=O)c1cccc(N(O)O)c1. The van der Waals surface area contributed by atoms with Crippen molar-refractivity contribution in [3.8, 4) is 0 Å². The second-order valence-electron chi connectivity index (χ2n) is 8.39. The number of sulfonamides is 1. The Morgan fingerprint density at radius 1 is 1.06 bits per heavy atom. The smallest absolute Gasteiger partial charge is 0.240 e. The number of hydrogen-bond donors (Lipinski definition) is 4. The van der Waals surface area contributed by atoms with Crippen LogP contribution in [0.5, 0.6) is 0 Å². The fourth-order valence-corrected chi connectivity index (χ4v) is 5.24. The molecule has 0 atom stereocenters. The Bertz CT molecular complexity index is 1440. The summed E-state index contributed by atoms with van der Waals surface area (Å²) in [5, 5.41) is 19.2. The monoisotopic (exact) mass is 498 g/mol. The van der Waals surface area contributed by atoms with Crippen LogP contribution < -0.4 is 15.7 Å². The number of nitrogens with zero attached hydrogens (tertiary/aromatic N) is 4. The normalized spacial score (nSPS) is 12.0. The third-order valence-corrected chi connectivity index (χ3v) is 7.36. The number of nitrogens with one attached hydrogen (secondary N) is 1. The molecule has 186 valence electrons. The number of rotatable bonds is 11. The molecular formula is C24H30N6O4S. The van der Waals surface area contributed by atoms with Crippen molar-refractivity contribution < 1.29 is 18.8 Å². The Labute approximate surface area is 204 Å². The maximum atomic E-state index is 12.6. The highest BCUT2D eigenvalue weighted by Gasteiger charge is 2.18. The van der Waals surface area contributed by atoms with Crippen molar-refractivity contribution in [2.45, 2.75) is 50.5 Å². The van der Waals surface area contributed by atoms with Gasteiger partial charge in [0, 0.05) is 24.9 Å². The van der Waals surface area contributed by atoms with Gasteiger partial charge in [-0.25, -0.2) is 23.1 Å². The molecule has 0 saturated carbocycles. The van der Waals surface area contributed by atoms with E-state index in [9.17, 15) is 8.42 Å². The fourth-order valence-electron chi connectivity index (χ4n) is 4.13. The van der Waals surface area contributed by atoms with E-state index in [0.717, 1.165) is 47.9 Å². The lowest BCUT2D eigenvalue weighted by Crippen LogP contribution is -2.25. The van der Waals surface area contributed by atoms with Gasteiger partial charge in [0.15, 0.2) is 5.82 Å². The van der Waals surface area contributed by atoms with Crippen molar-refractivity contribution in [1.82, 2.24) is 19.3 Å². The number of fused-ring (bicyclic) bond motifs is 3. The molecule has 4 rings (SSSR count). The molecule has 0 radical (unpaired) electrons. The van der Waals surface area contributed by atoms with E-state index < -0.39 is 10.0 Å². The first-order valence-electron chi connectivity index (χ1n) is 11.6. The van der Waals surface area contributed by atoms with Gasteiger partial charge in [-0.05, 0) is 43.5 Å². The molecule has 10 nitrogen and oxygen atoms in total. The minimum Gasteiger partial charge on any atom is -0.382 e. The Morgan fingerprint density at radius 3 is 2.63 bits per heavy atom. The zero-order valence-corrected chi connectivity index (χ0v) is 20.4. The van der Waals surface area contributed by atoms with E-state index in [1.165, 1.54) is 24.3 Å². The van der Waals surface area contributed by atoms with E-state index >= 15 is 0 Å². The highest BCUT2D eigenvalue weighted by Crippen LogP contribution is 2.29. The summed E-state index contributed by atoms with van der Waals surface area (Å²) in [7, 11) is -3.78. The lowest BCUT2D eigenvalue weighted by molar-refractivity contribution is 0.0290. The molecule has 2 aromatic heterocycles. The number of imidazole rings is 1. The molecule has 0 aliphatic rings. The van der Waals surface area contributed by atoms with Gasteiger partial charge >= 0.3 is 0 Å². The van der Waals surface area contributed by atoms with Crippen LogP contribution >= 0.6 is 0 Å². The summed E-state index contributed by atoms with van der Waals surface area (Å²) in [5.74, 6) is 1.37. The van der Waals surface area contributed by atoms with E-state index in [1.54, 1.807) is 0 Å². The highest BCUT2D eigenvalue weighted by atomic mass is 32.2. The molecule has 35 heavy (non-hydrogen) atoms. The summed E-state index contributed by atoms with van der Waals surface area (Å²) in [6.07, 6.45) is 4.22. The van der Waals surface area contributed by atoms with Crippen molar-refractivity contribution in [3.63, 3.8) is 0 Å². The Kier molecular flexibility index (Phi) is 7.51.